The number of amides is 1. The van der Waals surface area contributed by atoms with Crippen LogP contribution in [0.4, 0.5) is 0 Å². The molecule has 6 heteroatoms. The van der Waals surface area contributed by atoms with Crippen LogP contribution in [0.2, 0.25) is 0 Å². The van der Waals surface area contributed by atoms with Gasteiger partial charge in [-0.1, -0.05) is 201 Å². The van der Waals surface area contributed by atoms with Crippen molar-refractivity contribution in [3.8, 4) is 0 Å². The molecule has 0 saturated carbocycles. The lowest BCUT2D eigenvalue weighted by molar-refractivity contribution is -0.150. The average Bonchev–Trinajstić information content (AvgIpc) is 3.20. The van der Waals surface area contributed by atoms with E-state index < -0.39 is 18.2 Å². The minimum atomic E-state index is -0.821. The maximum atomic E-state index is 13.1. The van der Waals surface area contributed by atoms with Crippen molar-refractivity contribution in [1.82, 2.24) is 5.32 Å². The molecule has 0 heterocycles. The van der Waals surface area contributed by atoms with Crippen LogP contribution in [0.1, 0.15) is 188 Å². The van der Waals surface area contributed by atoms with Gasteiger partial charge in [-0.25, -0.2) is 0 Å². The third-order valence-corrected chi connectivity index (χ3v) is 9.74. The number of rotatable bonds is 39. The number of esters is 1. The lowest BCUT2D eigenvalue weighted by atomic mass is 10.0. The number of aliphatic hydroxyl groups is 2. The van der Waals surface area contributed by atoms with Gasteiger partial charge < -0.3 is 20.3 Å². The second-order valence-corrected chi connectivity index (χ2v) is 15.2. The summed E-state index contributed by atoms with van der Waals surface area (Å²) in [4.78, 5) is 25.9. The number of carbonyl (C=O) groups excluding carboxylic acids is 2. The molecule has 324 valence electrons. The van der Waals surface area contributed by atoms with E-state index in [1.165, 1.54) is 64.2 Å². The second-order valence-electron chi connectivity index (χ2n) is 15.2. The van der Waals surface area contributed by atoms with Gasteiger partial charge >= 0.3 is 5.97 Å². The Morgan fingerprint density at radius 1 is 0.561 bits per heavy atom. The molecule has 0 aliphatic rings. The first-order valence-electron chi connectivity index (χ1n) is 23.0. The van der Waals surface area contributed by atoms with E-state index in [1.54, 1.807) is 0 Å². The summed E-state index contributed by atoms with van der Waals surface area (Å²) >= 11 is 0. The van der Waals surface area contributed by atoms with Gasteiger partial charge in [-0.3, -0.25) is 9.59 Å². The molecule has 0 fully saturated rings. The van der Waals surface area contributed by atoms with Crippen LogP contribution in [-0.2, 0) is 14.3 Å². The van der Waals surface area contributed by atoms with Crippen molar-refractivity contribution < 1.29 is 24.5 Å². The monoisotopic (exact) mass is 792 g/mol. The topological polar surface area (TPSA) is 95.9 Å². The van der Waals surface area contributed by atoms with Gasteiger partial charge in [0, 0.05) is 12.8 Å². The van der Waals surface area contributed by atoms with E-state index in [2.05, 4.69) is 74.7 Å². The zero-order valence-electron chi connectivity index (χ0n) is 36.7. The van der Waals surface area contributed by atoms with Crippen molar-refractivity contribution in [3.05, 3.63) is 97.2 Å². The molecule has 1 amide bonds. The van der Waals surface area contributed by atoms with E-state index in [1.807, 2.05) is 48.6 Å². The summed E-state index contributed by atoms with van der Waals surface area (Å²) in [5.41, 5.74) is 0. The Morgan fingerprint density at radius 3 is 1.67 bits per heavy atom. The van der Waals surface area contributed by atoms with Crippen molar-refractivity contribution in [2.45, 2.75) is 206 Å². The van der Waals surface area contributed by atoms with Gasteiger partial charge in [-0.2, -0.15) is 0 Å². The Morgan fingerprint density at radius 2 is 1.05 bits per heavy atom. The zero-order valence-corrected chi connectivity index (χ0v) is 36.7. The van der Waals surface area contributed by atoms with E-state index in [-0.39, 0.29) is 24.9 Å². The summed E-state index contributed by atoms with van der Waals surface area (Å²) < 4.78 is 5.82. The fourth-order valence-electron chi connectivity index (χ4n) is 6.24. The highest BCUT2D eigenvalue weighted by molar-refractivity contribution is 5.77. The summed E-state index contributed by atoms with van der Waals surface area (Å²) in [6, 6.07) is -0.743. The van der Waals surface area contributed by atoms with Gasteiger partial charge in [0.2, 0.25) is 5.91 Å². The Kier molecular flexibility index (Phi) is 41.4. The van der Waals surface area contributed by atoms with Crippen LogP contribution in [0.15, 0.2) is 97.2 Å². The molecule has 0 aliphatic carbocycles. The predicted molar refractivity (Wildman–Crippen MR) is 245 cm³/mol. The van der Waals surface area contributed by atoms with E-state index in [0.29, 0.717) is 19.3 Å². The molecule has 0 radical (unpaired) electrons. The third-order valence-electron chi connectivity index (χ3n) is 9.74. The molecule has 6 nitrogen and oxygen atoms in total. The van der Waals surface area contributed by atoms with Gasteiger partial charge in [-0.05, 0) is 64.2 Å². The number of carbonyl (C=O) groups is 2. The molecule has 0 aliphatic heterocycles. The highest BCUT2D eigenvalue weighted by atomic mass is 16.5. The molecule has 0 rings (SSSR count). The van der Waals surface area contributed by atoms with E-state index in [0.717, 1.165) is 77.0 Å². The fraction of sp³-hybridized carbons (Fsp3) is 0.647. The molecule has 0 aromatic heterocycles. The van der Waals surface area contributed by atoms with Crippen LogP contribution < -0.4 is 5.32 Å². The molecule has 0 saturated heterocycles. The lowest BCUT2D eigenvalue weighted by Crippen LogP contribution is -2.46. The number of nitrogens with one attached hydrogen (secondary N) is 1. The lowest BCUT2D eigenvalue weighted by Gasteiger charge is -2.24. The first-order chi connectivity index (χ1) is 28.0. The fourth-order valence-corrected chi connectivity index (χ4v) is 6.24. The van der Waals surface area contributed by atoms with Crippen molar-refractivity contribution in [2.75, 3.05) is 6.61 Å². The maximum absolute atomic E-state index is 13.1. The summed E-state index contributed by atoms with van der Waals surface area (Å²) in [5, 5.41) is 23.6. The second kappa shape index (κ2) is 43.9. The predicted octanol–water partition coefficient (Wildman–Crippen LogP) is 13.4. The molecule has 3 unspecified atom stereocenters. The maximum Gasteiger partial charge on any atom is 0.306 e. The van der Waals surface area contributed by atoms with Gasteiger partial charge in [-0.15, -0.1) is 0 Å². The van der Waals surface area contributed by atoms with Crippen LogP contribution in [0.5, 0.6) is 0 Å². The smallest absolute Gasteiger partial charge is 0.306 e. The number of unbranched alkanes of at least 4 members (excludes halogenated alkanes) is 15. The molecule has 3 N–H and O–H groups in total. The number of ether oxygens (including phenoxy) is 1. The first-order valence-corrected chi connectivity index (χ1v) is 23.0. The first kappa shape index (κ1) is 53.8. The molecule has 57 heavy (non-hydrogen) atoms. The van der Waals surface area contributed by atoms with Crippen molar-refractivity contribution in [3.63, 3.8) is 0 Å². The largest absolute Gasteiger partial charge is 0.461 e. The number of aliphatic hydroxyl groups excluding tert-OH is 2. The zero-order chi connectivity index (χ0) is 41.7. The highest BCUT2D eigenvalue weighted by Crippen LogP contribution is 2.15. The minimum absolute atomic E-state index is 0.0202. The van der Waals surface area contributed by atoms with Gasteiger partial charge in [0.25, 0.3) is 0 Å². The number of allylic oxidation sites excluding steroid dienone is 15. The summed E-state index contributed by atoms with van der Waals surface area (Å²) in [5.74, 6) is -0.635. The molecule has 0 aromatic rings. The quantitative estimate of drug-likeness (QED) is 0.0249. The van der Waals surface area contributed by atoms with Gasteiger partial charge in [0.15, 0.2) is 0 Å². The summed E-state index contributed by atoms with van der Waals surface area (Å²) in [6.45, 7) is 6.24. The molecular weight excluding hydrogens is 707 g/mol. The Bertz CT molecular complexity index is 1160. The summed E-state index contributed by atoms with van der Waals surface area (Å²) in [7, 11) is 0. The molecule has 0 bridgehead atoms. The standard InChI is InChI=1S/C51H85NO5/c1-4-7-10-13-16-19-22-24-25-27-28-30-33-36-39-42-47(57-51(56)44-41-38-35-32-29-26-23-20-17-14-11-8-5-2)45-50(55)52-48(46-53)49(54)43-40-37-34-31-21-18-15-12-9-6-3/h8,11,14,16-17,19-20,23-26,28-30,36,39,47-49,53-54H,4-7,9-10,12-13,15,18,21-22,27,31-35,37-38,40-46H2,1-3H3,(H,52,55)/b11-8+,17-14+,19-16-,23-20-,25-24-,29-26-,30-28-,39-36-. The van der Waals surface area contributed by atoms with Crippen LogP contribution in [0.3, 0.4) is 0 Å². The molecule has 0 spiro atoms. The van der Waals surface area contributed by atoms with Crippen LogP contribution in [0.25, 0.3) is 0 Å². The van der Waals surface area contributed by atoms with Crippen LogP contribution in [-0.4, -0.2) is 46.9 Å². The van der Waals surface area contributed by atoms with E-state index >= 15 is 0 Å². The summed E-state index contributed by atoms with van der Waals surface area (Å²) in [6.07, 6.45) is 57.6. The molecule has 3 atom stereocenters. The van der Waals surface area contributed by atoms with Crippen LogP contribution in [0, 0.1) is 0 Å². The number of hydrogen-bond donors (Lipinski definition) is 3. The van der Waals surface area contributed by atoms with Gasteiger partial charge in [0.05, 0.1) is 25.2 Å². The van der Waals surface area contributed by atoms with Crippen molar-refractivity contribution in [2.24, 2.45) is 0 Å². The van der Waals surface area contributed by atoms with Crippen molar-refractivity contribution >= 4 is 11.9 Å². The highest BCUT2D eigenvalue weighted by Gasteiger charge is 2.23. The normalized spacial score (nSPS) is 14.3. The minimum Gasteiger partial charge on any atom is -0.461 e. The van der Waals surface area contributed by atoms with Gasteiger partial charge in [0.1, 0.15) is 6.10 Å². The Balaban J connectivity index is 4.86. The Labute approximate surface area is 350 Å². The van der Waals surface area contributed by atoms with E-state index in [4.69, 9.17) is 4.74 Å². The Hall–Kier alpha value is -3.22. The van der Waals surface area contributed by atoms with E-state index in [9.17, 15) is 19.8 Å². The SMILES string of the molecule is CC/C=C/C=C/C=C\C=C/CCCCCC(=O)OC(C/C=C\C/C=C\C/C=C\C/C=C\CCCCC)CC(=O)NC(CO)C(O)CCCCCCCCCCCC. The van der Waals surface area contributed by atoms with Crippen molar-refractivity contribution in [1.29, 1.82) is 0 Å². The molecular formula is C51H85NO5. The number of hydrogen-bond acceptors (Lipinski definition) is 5. The average molecular weight is 792 g/mol. The van der Waals surface area contributed by atoms with Crippen LogP contribution >= 0.6 is 0 Å². The molecule has 0 aromatic carbocycles. The third kappa shape index (κ3) is 39.4.